The van der Waals surface area contributed by atoms with Gasteiger partial charge in [0.25, 0.3) is 0 Å². The van der Waals surface area contributed by atoms with Gasteiger partial charge in [-0.2, -0.15) is 0 Å². The lowest BCUT2D eigenvalue weighted by molar-refractivity contribution is -0.137. The molecule has 0 aromatic rings. The summed E-state index contributed by atoms with van der Waals surface area (Å²) in [5, 5.41) is 3.36. The largest absolute Gasteiger partial charge is 0.341 e. The third kappa shape index (κ3) is 3.93. The van der Waals surface area contributed by atoms with E-state index in [1.165, 1.54) is 25.7 Å². The summed E-state index contributed by atoms with van der Waals surface area (Å²) in [7, 11) is 1.99. The fraction of sp³-hybridized carbons (Fsp3) is 0.933. The van der Waals surface area contributed by atoms with E-state index in [9.17, 15) is 4.79 Å². The van der Waals surface area contributed by atoms with Crippen molar-refractivity contribution in [2.75, 3.05) is 33.2 Å². The molecule has 2 heterocycles. The first-order valence-corrected chi connectivity index (χ1v) is 7.91. The normalized spacial score (nSPS) is 24.7. The number of hydrogen-bond acceptors (Lipinski definition) is 3. The van der Waals surface area contributed by atoms with Crippen LogP contribution in [-0.4, -0.2) is 61.0 Å². The van der Waals surface area contributed by atoms with E-state index >= 15 is 0 Å². The van der Waals surface area contributed by atoms with Crippen molar-refractivity contribution in [2.24, 2.45) is 0 Å². The topological polar surface area (TPSA) is 35.6 Å². The van der Waals surface area contributed by atoms with E-state index in [1.807, 2.05) is 11.9 Å². The Labute approximate surface area is 117 Å². The number of rotatable bonds is 3. The van der Waals surface area contributed by atoms with Crippen molar-refractivity contribution >= 4 is 5.91 Å². The molecule has 0 spiro atoms. The molecule has 0 bridgehead atoms. The van der Waals surface area contributed by atoms with Gasteiger partial charge in [0.1, 0.15) is 0 Å². The number of piperidine rings is 1. The maximum absolute atomic E-state index is 12.6. The molecule has 4 nitrogen and oxygen atoms in total. The fourth-order valence-corrected chi connectivity index (χ4v) is 3.31. The van der Waals surface area contributed by atoms with Gasteiger partial charge in [0.05, 0.1) is 6.04 Å². The van der Waals surface area contributed by atoms with Crippen LogP contribution in [-0.2, 0) is 4.79 Å². The van der Waals surface area contributed by atoms with Crippen molar-refractivity contribution in [1.29, 1.82) is 0 Å². The van der Waals surface area contributed by atoms with Crippen LogP contribution < -0.4 is 5.32 Å². The minimum Gasteiger partial charge on any atom is -0.341 e. The van der Waals surface area contributed by atoms with Crippen LogP contribution in [0.15, 0.2) is 0 Å². The highest BCUT2D eigenvalue weighted by molar-refractivity contribution is 5.81. The van der Waals surface area contributed by atoms with Gasteiger partial charge in [-0.25, -0.2) is 0 Å². The number of carbonyl (C=O) groups is 1. The maximum atomic E-state index is 12.6. The molecule has 2 rings (SSSR count). The molecule has 1 unspecified atom stereocenters. The first-order chi connectivity index (χ1) is 9.20. The smallest absolute Gasteiger partial charge is 0.239 e. The van der Waals surface area contributed by atoms with Gasteiger partial charge in [0.2, 0.25) is 5.91 Å². The summed E-state index contributed by atoms with van der Waals surface area (Å²) < 4.78 is 0. The van der Waals surface area contributed by atoms with Crippen LogP contribution >= 0.6 is 0 Å². The first kappa shape index (κ1) is 14.8. The molecule has 19 heavy (non-hydrogen) atoms. The van der Waals surface area contributed by atoms with E-state index in [-0.39, 0.29) is 6.04 Å². The lowest BCUT2D eigenvalue weighted by Gasteiger charge is -2.36. The average Bonchev–Trinajstić information content (AvgIpc) is 2.75. The summed E-state index contributed by atoms with van der Waals surface area (Å²) >= 11 is 0. The summed E-state index contributed by atoms with van der Waals surface area (Å²) in [6.45, 7) is 6.35. The average molecular weight is 267 g/mol. The number of amides is 1. The quantitative estimate of drug-likeness (QED) is 0.841. The van der Waals surface area contributed by atoms with Crippen molar-refractivity contribution in [3.05, 3.63) is 0 Å². The molecule has 0 radical (unpaired) electrons. The minimum atomic E-state index is 0.0537. The molecule has 0 aliphatic carbocycles. The van der Waals surface area contributed by atoms with Crippen molar-refractivity contribution < 1.29 is 4.79 Å². The van der Waals surface area contributed by atoms with Gasteiger partial charge in [-0.3, -0.25) is 9.69 Å². The Morgan fingerprint density at radius 1 is 1.16 bits per heavy atom. The molecule has 1 amide bonds. The highest BCUT2D eigenvalue weighted by Crippen LogP contribution is 2.16. The highest BCUT2D eigenvalue weighted by atomic mass is 16.2. The summed E-state index contributed by atoms with van der Waals surface area (Å²) in [4.78, 5) is 17.0. The van der Waals surface area contributed by atoms with Crippen LogP contribution in [0.3, 0.4) is 0 Å². The van der Waals surface area contributed by atoms with E-state index in [2.05, 4.69) is 17.1 Å². The van der Waals surface area contributed by atoms with Gasteiger partial charge in [-0.05, 0) is 58.8 Å². The van der Waals surface area contributed by atoms with Gasteiger partial charge in [0, 0.05) is 13.1 Å². The molecule has 0 aromatic carbocycles. The molecule has 4 heteroatoms. The zero-order valence-corrected chi connectivity index (χ0v) is 12.5. The summed E-state index contributed by atoms with van der Waals surface area (Å²) in [5.41, 5.74) is 0. The van der Waals surface area contributed by atoms with E-state index in [1.54, 1.807) is 0 Å². The van der Waals surface area contributed by atoms with Crippen LogP contribution in [0.4, 0.5) is 0 Å². The van der Waals surface area contributed by atoms with Crippen LogP contribution in [0.5, 0.6) is 0 Å². The first-order valence-electron chi connectivity index (χ1n) is 7.91. The van der Waals surface area contributed by atoms with Gasteiger partial charge in [0.15, 0.2) is 0 Å². The molecule has 2 saturated heterocycles. The lowest BCUT2D eigenvalue weighted by atomic mass is 10.0. The number of likely N-dealkylation sites (N-methyl/N-ethyl adjacent to an activating group) is 1. The Kier molecular flexibility index (Phi) is 5.64. The fourth-order valence-electron chi connectivity index (χ4n) is 3.31. The third-order valence-corrected chi connectivity index (χ3v) is 4.75. The summed E-state index contributed by atoms with van der Waals surface area (Å²) in [6, 6.07) is 0.487. The third-order valence-electron chi connectivity index (χ3n) is 4.75. The SMILES string of the molecule is CC(C(=O)N(C)C1CCNCC1)N1CCCCCC1. The van der Waals surface area contributed by atoms with E-state index in [0.29, 0.717) is 11.9 Å². The summed E-state index contributed by atoms with van der Waals surface area (Å²) in [5.74, 6) is 0.314. The predicted molar refractivity (Wildman–Crippen MR) is 78.2 cm³/mol. The molecule has 0 aromatic heterocycles. The molecule has 2 fully saturated rings. The Bertz CT molecular complexity index is 281. The Balaban J connectivity index is 1.89. The predicted octanol–water partition coefficient (Wildman–Crippen LogP) is 1.46. The van der Waals surface area contributed by atoms with E-state index < -0.39 is 0 Å². The zero-order valence-electron chi connectivity index (χ0n) is 12.5. The van der Waals surface area contributed by atoms with Crippen LogP contribution in [0, 0.1) is 0 Å². The molecule has 2 aliphatic heterocycles. The lowest BCUT2D eigenvalue weighted by Crippen LogP contribution is -2.51. The molecule has 1 N–H and O–H groups in total. The molecule has 110 valence electrons. The number of hydrogen-bond donors (Lipinski definition) is 1. The van der Waals surface area contributed by atoms with Crippen molar-refractivity contribution in [1.82, 2.24) is 15.1 Å². The van der Waals surface area contributed by atoms with Gasteiger partial charge >= 0.3 is 0 Å². The monoisotopic (exact) mass is 267 g/mol. The molecule has 1 atom stereocenters. The van der Waals surface area contributed by atoms with Crippen LogP contribution in [0.25, 0.3) is 0 Å². The molecule has 0 saturated carbocycles. The zero-order chi connectivity index (χ0) is 13.7. The van der Waals surface area contributed by atoms with Crippen LogP contribution in [0.1, 0.15) is 45.4 Å². The Morgan fingerprint density at radius 3 is 2.32 bits per heavy atom. The standard InChI is InChI=1S/C15H29N3O/c1-13(18-11-5-3-4-6-12-18)15(19)17(2)14-7-9-16-10-8-14/h13-14,16H,3-12H2,1-2H3. The maximum Gasteiger partial charge on any atom is 0.239 e. The van der Waals surface area contributed by atoms with Gasteiger partial charge < -0.3 is 10.2 Å². The second kappa shape index (κ2) is 7.25. The molecular weight excluding hydrogens is 238 g/mol. The Morgan fingerprint density at radius 2 is 1.74 bits per heavy atom. The van der Waals surface area contributed by atoms with Crippen molar-refractivity contribution in [3.8, 4) is 0 Å². The second-order valence-corrected chi connectivity index (χ2v) is 6.06. The summed E-state index contributed by atoms with van der Waals surface area (Å²) in [6.07, 6.45) is 7.32. The highest BCUT2D eigenvalue weighted by Gasteiger charge is 2.28. The number of nitrogens with one attached hydrogen (secondary N) is 1. The number of likely N-dealkylation sites (tertiary alicyclic amines) is 1. The van der Waals surface area contributed by atoms with Gasteiger partial charge in [-0.15, -0.1) is 0 Å². The number of carbonyl (C=O) groups excluding carboxylic acids is 1. The van der Waals surface area contributed by atoms with E-state index in [4.69, 9.17) is 0 Å². The van der Waals surface area contributed by atoms with Gasteiger partial charge in [-0.1, -0.05) is 12.8 Å². The Hall–Kier alpha value is -0.610. The second-order valence-electron chi connectivity index (χ2n) is 6.06. The van der Waals surface area contributed by atoms with E-state index in [0.717, 1.165) is 39.0 Å². The number of nitrogens with zero attached hydrogens (tertiary/aromatic N) is 2. The molecular formula is C15H29N3O. The van der Waals surface area contributed by atoms with Crippen LogP contribution in [0.2, 0.25) is 0 Å². The molecule has 2 aliphatic rings. The minimum absolute atomic E-state index is 0.0537. The van der Waals surface area contributed by atoms with Crippen molar-refractivity contribution in [3.63, 3.8) is 0 Å². The van der Waals surface area contributed by atoms with Crippen molar-refractivity contribution in [2.45, 2.75) is 57.5 Å².